The van der Waals surface area contributed by atoms with Gasteiger partial charge in [0, 0.05) is 15.5 Å². The molecule has 0 fully saturated rings. The summed E-state index contributed by atoms with van der Waals surface area (Å²) in [5.41, 5.74) is 0.351. The molecular formula is C15H10Cl2F2OS. The zero-order chi connectivity index (χ0) is 15.6. The number of benzene rings is 2. The van der Waals surface area contributed by atoms with Crippen molar-refractivity contribution in [3.63, 3.8) is 0 Å². The Labute approximate surface area is 135 Å². The Bertz CT molecular complexity index is 691. The number of carbonyl (C=O) groups excluding carboxylic acids is 1. The SMILES string of the molecule is CC(Sc1ccc(F)c(F)c1)C(=O)c1ccc(Cl)cc1Cl. The summed E-state index contributed by atoms with van der Waals surface area (Å²) >= 11 is 12.9. The van der Waals surface area contributed by atoms with Crippen molar-refractivity contribution in [2.45, 2.75) is 17.1 Å². The standard InChI is InChI=1S/C15H10Cl2F2OS/c1-8(21-10-3-5-13(18)14(19)7-10)15(20)11-4-2-9(16)6-12(11)17/h2-8H,1H3. The first-order valence-electron chi connectivity index (χ1n) is 5.99. The smallest absolute Gasteiger partial charge is 0.177 e. The number of Topliss-reactive ketones (excluding diaryl/α,β-unsaturated/α-hetero) is 1. The zero-order valence-corrected chi connectivity index (χ0v) is 13.2. The molecule has 6 heteroatoms. The highest BCUT2D eigenvalue weighted by atomic mass is 35.5. The van der Waals surface area contributed by atoms with Gasteiger partial charge >= 0.3 is 0 Å². The number of carbonyl (C=O) groups is 1. The van der Waals surface area contributed by atoms with Gasteiger partial charge in [0.1, 0.15) is 0 Å². The molecule has 2 aromatic carbocycles. The molecule has 0 bridgehead atoms. The van der Waals surface area contributed by atoms with E-state index in [0.717, 1.165) is 23.9 Å². The van der Waals surface area contributed by atoms with Gasteiger partial charge in [-0.2, -0.15) is 0 Å². The molecule has 0 radical (unpaired) electrons. The van der Waals surface area contributed by atoms with E-state index in [1.807, 2.05) is 0 Å². The van der Waals surface area contributed by atoms with Gasteiger partial charge in [0.05, 0.1) is 10.3 Å². The number of rotatable bonds is 4. The third kappa shape index (κ3) is 3.96. The summed E-state index contributed by atoms with van der Waals surface area (Å²) in [4.78, 5) is 12.8. The molecule has 0 aliphatic rings. The highest BCUT2D eigenvalue weighted by Gasteiger charge is 2.19. The van der Waals surface area contributed by atoms with Crippen LogP contribution in [-0.4, -0.2) is 11.0 Å². The lowest BCUT2D eigenvalue weighted by Crippen LogP contribution is -2.14. The van der Waals surface area contributed by atoms with Crippen LogP contribution >= 0.6 is 35.0 Å². The molecule has 21 heavy (non-hydrogen) atoms. The lowest BCUT2D eigenvalue weighted by Gasteiger charge is -2.12. The van der Waals surface area contributed by atoms with Crippen LogP contribution < -0.4 is 0 Å². The zero-order valence-electron chi connectivity index (χ0n) is 10.9. The minimum absolute atomic E-state index is 0.202. The van der Waals surface area contributed by atoms with E-state index in [1.54, 1.807) is 19.1 Å². The van der Waals surface area contributed by atoms with Gasteiger partial charge in [0.15, 0.2) is 17.4 Å². The van der Waals surface area contributed by atoms with Crippen molar-refractivity contribution in [3.05, 3.63) is 63.6 Å². The van der Waals surface area contributed by atoms with Crippen molar-refractivity contribution in [3.8, 4) is 0 Å². The van der Waals surface area contributed by atoms with Gasteiger partial charge in [-0.25, -0.2) is 8.78 Å². The molecule has 0 aliphatic heterocycles. The minimum Gasteiger partial charge on any atom is -0.293 e. The van der Waals surface area contributed by atoms with E-state index in [4.69, 9.17) is 23.2 Å². The Kier molecular flexibility index (Phi) is 5.25. The monoisotopic (exact) mass is 346 g/mol. The molecule has 0 saturated heterocycles. The van der Waals surface area contributed by atoms with Gasteiger partial charge in [-0.05, 0) is 43.3 Å². The topological polar surface area (TPSA) is 17.1 Å². The maximum atomic E-state index is 13.2. The van der Waals surface area contributed by atoms with Crippen LogP contribution in [0.25, 0.3) is 0 Å². The van der Waals surface area contributed by atoms with E-state index in [0.29, 0.717) is 15.5 Å². The average molecular weight is 347 g/mol. The maximum absolute atomic E-state index is 13.2. The van der Waals surface area contributed by atoms with Crippen molar-refractivity contribution in [2.24, 2.45) is 0 Å². The van der Waals surface area contributed by atoms with Gasteiger partial charge in [0.25, 0.3) is 0 Å². The van der Waals surface area contributed by atoms with Crippen LogP contribution in [0, 0.1) is 11.6 Å². The van der Waals surface area contributed by atoms with Crippen molar-refractivity contribution >= 4 is 40.7 Å². The number of ketones is 1. The second-order valence-corrected chi connectivity index (χ2v) is 6.58. The second-order valence-electron chi connectivity index (χ2n) is 4.32. The molecule has 0 saturated carbocycles. The third-order valence-corrected chi connectivity index (χ3v) is 4.41. The van der Waals surface area contributed by atoms with Crippen LogP contribution in [0.5, 0.6) is 0 Å². The fourth-order valence-corrected chi connectivity index (χ4v) is 3.18. The molecule has 110 valence electrons. The first-order valence-corrected chi connectivity index (χ1v) is 7.63. The summed E-state index contributed by atoms with van der Waals surface area (Å²) in [5.74, 6) is -2.06. The van der Waals surface area contributed by atoms with Crippen LogP contribution in [-0.2, 0) is 0 Å². The molecule has 1 unspecified atom stereocenters. The molecule has 0 aliphatic carbocycles. The Morgan fingerprint density at radius 3 is 2.43 bits per heavy atom. The Balaban J connectivity index is 2.17. The summed E-state index contributed by atoms with van der Waals surface area (Å²) in [6.45, 7) is 1.68. The molecule has 1 atom stereocenters. The maximum Gasteiger partial charge on any atom is 0.177 e. The fraction of sp³-hybridized carbons (Fsp3) is 0.133. The summed E-state index contributed by atoms with van der Waals surface area (Å²) in [6.07, 6.45) is 0. The molecule has 0 N–H and O–H groups in total. The van der Waals surface area contributed by atoms with Crippen LogP contribution in [0.3, 0.4) is 0 Å². The summed E-state index contributed by atoms with van der Waals surface area (Å²) in [6, 6.07) is 8.14. The number of hydrogen-bond acceptors (Lipinski definition) is 2. The van der Waals surface area contributed by atoms with E-state index in [1.165, 1.54) is 12.1 Å². The van der Waals surface area contributed by atoms with Crippen molar-refractivity contribution in [1.82, 2.24) is 0 Å². The van der Waals surface area contributed by atoms with Gasteiger partial charge < -0.3 is 0 Å². The van der Waals surface area contributed by atoms with Crippen molar-refractivity contribution < 1.29 is 13.6 Å². The lowest BCUT2D eigenvalue weighted by atomic mass is 10.1. The largest absolute Gasteiger partial charge is 0.293 e. The van der Waals surface area contributed by atoms with Crippen LogP contribution in [0.4, 0.5) is 8.78 Å². The van der Waals surface area contributed by atoms with Crippen LogP contribution in [0.15, 0.2) is 41.3 Å². The van der Waals surface area contributed by atoms with Gasteiger partial charge in [-0.15, -0.1) is 11.8 Å². The molecule has 1 nitrogen and oxygen atoms in total. The van der Waals surface area contributed by atoms with Crippen LogP contribution in [0.2, 0.25) is 10.0 Å². The Hall–Kier alpha value is -1.10. The number of thioether (sulfide) groups is 1. The van der Waals surface area contributed by atoms with E-state index < -0.39 is 16.9 Å². The quantitative estimate of drug-likeness (QED) is 0.526. The predicted octanol–water partition coefficient (Wildman–Crippen LogP) is 5.64. The van der Waals surface area contributed by atoms with E-state index >= 15 is 0 Å². The van der Waals surface area contributed by atoms with Gasteiger partial charge in [-0.1, -0.05) is 23.2 Å². The summed E-state index contributed by atoms with van der Waals surface area (Å²) < 4.78 is 26.0. The molecule has 0 spiro atoms. The number of halogens is 4. The predicted molar refractivity (Wildman–Crippen MR) is 82.5 cm³/mol. The van der Waals surface area contributed by atoms with Gasteiger partial charge in [0.2, 0.25) is 0 Å². The van der Waals surface area contributed by atoms with E-state index in [2.05, 4.69) is 0 Å². The molecule has 0 heterocycles. The van der Waals surface area contributed by atoms with E-state index in [-0.39, 0.29) is 10.8 Å². The van der Waals surface area contributed by atoms with Crippen LogP contribution in [0.1, 0.15) is 17.3 Å². The molecule has 2 aromatic rings. The minimum atomic E-state index is -0.941. The first kappa shape index (κ1) is 16.3. The molecule has 0 amide bonds. The second kappa shape index (κ2) is 6.77. The lowest BCUT2D eigenvalue weighted by molar-refractivity contribution is 0.0994. The summed E-state index contributed by atoms with van der Waals surface area (Å²) in [5, 5.41) is 0.219. The molecule has 0 aromatic heterocycles. The Morgan fingerprint density at radius 2 is 1.81 bits per heavy atom. The van der Waals surface area contributed by atoms with Crippen molar-refractivity contribution in [2.75, 3.05) is 0 Å². The highest BCUT2D eigenvalue weighted by molar-refractivity contribution is 8.00. The normalized spacial score (nSPS) is 12.2. The molecule has 2 rings (SSSR count). The fourth-order valence-electron chi connectivity index (χ4n) is 1.72. The first-order chi connectivity index (χ1) is 9.88. The highest BCUT2D eigenvalue weighted by Crippen LogP contribution is 2.29. The van der Waals surface area contributed by atoms with Crippen molar-refractivity contribution in [1.29, 1.82) is 0 Å². The van der Waals surface area contributed by atoms with Gasteiger partial charge in [-0.3, -0.25) is 4.79 Å². The van der Waals surface area contributed by atoms with E-state index in [9.17, 15) is 13.6 Å². The number of hydrogen-bond donors (Lipinski definition) is 0. The molecular weight excluding hydrogens is 337 g/mol. The Morgan fingerprint density at radius 1 is 1.10 bits per heavy atom. The third-order valence-electron chi connectivity index (χ3n) is 2.77. The average Bonchev–Trinajstić information content (AvgIpc) is 2.42. The summed E-state index contributed by atoms with van der Waals surface area (Å²) in [7, 11) is 0.